The monoisotopic (exact) mass is 410 g/mol. The Morgan fingerprint density at radius 1 is 1.21 bits per heavy atom. The topological polar surface area (TPSA) is 93.2 Å². The summed E-state index contributed by atoms with van der Waals surface area (Å²) in [6, 6.07) is 4.55. The minimum Gasteiger partial charge on any atom is -0.495 e. The van der Waals surface area contributed by atoms with E-state index < -0.39 is 22.1 Å². The zero-order valence-corrected chi connectivity index (χ0v) is 17.4. The Morgan fingerprint density at radius 2 is 1.86 bits per heavy atom. The molecule has 1 aromatic rings. The molecule has 1 amide bonds. The van der Waals surface area contributed by atoms with Crippen molar-refractivity contribution < 1.29 is 27.5 Å². The lowest BCUT2D eigenvalue weighted by Gasteiger charge is -2.19. The second-order valence-electron chi connectivity index (χ2n) is 6.64. The van der Waals surface area contributed by atoms with Gasteiger partial charge in [0.05, 0.1) is 7.11 Å². The number of nitrogens with zero attached hydrogens (tertiary/aromatic N) is 2. The van der Waals surface area contributed by atoms with Gasteiger partial charge in [-0.3, -0.25) is 4.79 Å². The number of hydrogen-bond donors (Lipinski definition) is 0. The van der Waals surface area contributed by atoms with E-state index in [2.05, 4.69) is 0 Å². The maximum atomic E-state index is 12.4. The van der Waals surface area contributed by atoms with Crippen molar-refractivity contribution in [2.75, 3.05) is 34.3 Å². The lowest BCUT2D eigenvalue weighted by Crippen LogP contribution is -2.37. The molecule has 2 rings (SSSR count). The van der Waals surface area contributed by atoms with Crippen molar-refractivity contribution in [2.24, 2.45) is 0 Å². The third-order valence-electron chi connectivity index (χ3n) is 4.42. The number of benzene rings is 1. The molecule has 0 bridgehead atoms. The molecule has 0 unspecified atom stereocenters. The normalized spacial score (nSPS) is 15.8. The van der Waals surface area contributed by atoms with Crippen molar-refractivity contribution in [3.8, 4) is 5.75 Å². The summed E-state index contributed by atoms with van der Waals surface area (Å²) in [7, 11) is 0.520. The number of amides is 1. The van der Waals surface area contributed by atoms with Gasteiger partial charge in [0.1, 0.15) is 10.6 Å². The minimum atomic E-state index is -3.71. The van der Waals surface area contributed by atoms with Gasteiger partial charge in [0.2, 0.25) is 10.0 Å². The van der Waals surface area contributed by atoms with Crippen molar-refractivity contribution >= 4 is 28.0 Å². The van der Waals surface area contributed by atoms with Crippen LogP contribution in [0.3, 0.4) is 0 Å². The SMILES string of the molecule is COc1ccc(/C=C/C(=O)O[C@H](C)C(=O)N2CCCC2)cc1S(=O)(=O)N(C)C. The fraction of sp³-hybridized carbons (Fsp3) is 0.474. The van der Waals surface area contributed by atoms with E-state index in [9.17, 15) is 18.0 Å². The maximum Gasteiger partial charge on any atom is 0.331 e. The standard InChI is InChI=1S/C19H26N2O6S/c1-14(19(23)21-11-5-6-12-21)27-18(22)10-8-15-7-9-16(26-4)17(13-15)28(24,25)20(2)3/h7-10,13-14H,5-6,11-12H2,1-4H3/b10-8+/t14-/m1/s1. The molecule has 9 heteroatoms. The Hall–Kier alpha value is -2.39. The van der Waals surface area contributed by atoms with Gasteiger partial charge in [-0.05, 0) is 43.5 Å². The molecular formula is C19H26N2O6S. The zero-order valence-electron chi connectivity index (χ0n) is 16.5. The zero-order chi connectivity index (χ0) is 20.9. The molecule has 0 spiro atoms. The molecular weight excluding hydrogens is 384 g/mol. The molecule has 0 saturated carbocycles. The summed E-state index contributed by atoms with van der Waals surface area (Å²) in [5, 5.41) is 0. The number of rotatable bonds is 7. The predicted molar refractivity (Wildman–Crippen MR) is 104 cm³/mol. The van der Waals surface area contributed by atoms with E-state index in [0.717, 1.165) is 17.1 Å². The molecule has 1 heterocycles. The van der Waals surface area contributed by atoms with Crippen LogP contribution < -0.4 is 4.74 Å². The molecule has 1 fully saturated rings. The Morgan fingerprint density at radius 3 is 2.43 bits per heavy atom. The Labute approximate surface area is 165 Å². The molecule has 0 radical (unpaired) electrons. The van der Waals surface area contributed by atoms with Crippen LogP contribution in [0.2, 0.25) is 0 Å². The van der Waals surface area contributed by atoms with Crippen LogP contribution in [0.1, 0.15) is 25.3 Å². The van der Waals surface area contributed by atoms with Crippen molar-refractivity contribution in [1.82, 2.24) is 9.21 Å². The van der Waals surface area contributed by atoms with Crippen LogP contribution in [0.5, 0.6) is 5.75 Å². The van der Waals surface area contributed by atoms with Crippen LogP contribution in [0, 0.1) is 0 Å². The Kier molecular flexibility index (Phi) is 7.20. The van der Waals surface area contributed by atoms with E-state index in [4.69, 9.17) is 9.47 Å². The number of likely N-dealkylation sites (tertiary alicyclic amines) is 1. The van der Waals surface area contributed by atoms with Crippen LogP contribution in [0.4, 0.5) is 0 Å². The lowest BCUT2D eigenvalue weighted by atomic mass is 10.2. The summed E-state index contributed by atoms with van der Waals surface area (Å²) < 4.78 is 36.2. The number of carbonyl (C=O) groups excluding carboxylic acids is 2. The first-order valence-corrected chi connectivity index (χ1v) is 10.4. The van der Waals surface area contributed by atoms with Gasteiger partial charge in [-0.25, -0.2) is 17.5 Å². The fourth-order valence-corrected chi connectivity index (χ4v) is 3.90. The number of methoxy groups -OCH3 is 1. The molecule has 0 aliphatic carbocycles. The van der Waals surface area contributed by atoms with Gasteiger partial charge >= 0.3 is 5.97 Å². The van der Waals surface area contributed by atoms with E-state index >= 15 is 0 Å². The first-order chi connectivity index (χ1) is 13.2. The quantitative estimate of drug-likeness (QED) is 0.500. The predicted octanol–water partition coefficient (Wildman–Crippen LogP) is 1.51. The van der Waals surface area contributed by atoms with Crippen molar-refractivity contribution in [2.45, 2.75) is 30.8 Å². The van der Waals surface area contributed by atoms with Crippen molar-refractivity contribution in [3.05, 3.63) is 29.8 Å². The summed E-state index contributed by atoms with van der Waals surface area (Å²) in [5.74, 6) is -0.672. The molecule has 1 aliphatic heterocycles. The average molecular weight is 410 g/mol. The number of hydrogen-bond acceptors (Lipinski definition) is 6. The van der Waals surface area contributed by atoms with Gasteiger partial charge in [0, 0.05) is 33.3 Å². The molecule has 0 N–H and O–H groups in total. The van der Waals surface area contributed by atoms with Crippen LogP contribution >= 0.6 is 0 Å². The molecule has 1 aromatic carbocycles. The van der Waals surface area contributed by atoms with Crippen LogP contribution in [0.25, 0.3) is 6.08 Å². The third kappa shape index (κ3) is 5.11. The van der Waals surface area contributed by atoms with Gasteiger partial charge < -0.3 is 14.4 Å². The van der Waals surface area contributed by atoms with Crippen LogP contribution in [-0.4, -0.2) is 69.9 Å². The largest absolute Gasteiger partial charge is 0.495 e. The Balaban J connectivity index is 2.10. The van der Waals surface area contributed by atoms with E-state index in [0.29, 0.717) is 18.7 Å². The number of ether oxygens (including phenoxy) is 2. The average Bonchev–Trinajstić information content (AvgIpc) is 3.20. The number of sulfonamides is 1. The van der Waals surface area contributed by atoms with E-state index in [1.54, 1.807) is 17.9 Å². The smallest absolute Gasteiger partial charge is 0.331 e. The van der Waals surface area contributed by atoms with Gasteiger partial charge in [-0.2, -0.15) is 0 Å². The van der Waals surface area contributed by atoms with Crippen molar-refractivity contribution in [1.29, 1.82) is 0 Å². The number of carbonyl (C=O) groups is 2. The summed E-state index contributed by atoms with van der Waals surface area (Å²) in [5.41, 5.74) is 0.483. The van der Waals surface area contributed by atoms with Crippen molar-refractivity contribution in [3.63, 3.8) is 0 Å². The van der Waals surface area contributed by atoms with E-state index in [1.807, 2.05) is 0 Å². The summed E-state index contributed by atoms with van der Waals surface area (Å²) in [4.78, 5) is 25.9. The molecule has 154 valence electrons. The highest BCUT2D eigenvalue weighted by molar-refractivity contribution is 7.89. The molecule has 8 nitrogen and oxygen atoms in total. The molecule has 1 atom stereocenters. The van der Waals surface area contributed by atoms with Gasteiger partial charge in [0.25, 0.3) is 5.91 Å². The van der Waals surface area contributed by atoms with E-state index in [1.165, 1.54) is 45.5 Å². The summed E-state index contributed by atoms with van der Waals surface area (Å²) in [6.45, 7) is 2.92. The first kappa shape index (κ1) is 21.9. The van der Waals surface area contributed by atoms with Gasteiger partial charge in [0.15, 0.2) is 6.10 Å². The van der Waals surface area contributed by atoms with Crippen LogP contribution in [0.15, 0.2) is 29.2 Å². The second kappa shape index (κ2) is 9.20. The van der Waals surface area contributed by atoms with Gasteiger partial charge in [-0.15, -0.1) is 0 Å². The Bertz CT molecular complexity index is 857. The summed E-state index contributed by atoms with van der Waals surface area (Å²) >= 11 is 0. The molecule has 28 heavy (non-hydrogen) atoms. The second-order valence-corrected chi connectivity index (χ2v) is 8.76. The highest BCUT2D eigenvalue weighted by atomic mass is 32.2. The summed E-state index contributed by atoms with van der Waals surface area (Å²) in [6.07, 6.45) is 3.66. The fourth-order valence-electron chi connectivity index (χ4n) is 2.82. The molecule has 0 aromatic heterocycles. The lowest BCUT2D eigenvalue weighted by molar-refractivity contribution is -0.154. The number of esters is 1. The molecule has 1 aliphatic rings. The maximum absolute atomic E-state index is 12.4. The van der Waals surface area contributed by atoms with Gasteiger partial charge in [-0.1, -0.05) is 6.07 Å². The highest BCUT2D eigenvalue weighted by Gasteiger charge is 2.25. The van der Waals surface area contributed by atoms with E-state index in [-0.39, 0.29) is 16.6 Å². The third-order valence-corrected chi connectivity index (χ3v) is 6.25. The van der Waals surface area contributed by atoms with Crippen LogP contribution in [-0.2, 0) is 24.3 Å². The first-order valence-electron chi connectivity index (χ1n) is 8.95. The highest BCUT2D eigenvalue weighted by Crippen LogP contribution is 2.27. The molecule has 1 saturated heterocycles. The minimum absolute atomic E-state index is 0.00639.